The first-order valence-electron chi connectivity index (χ1n) is 8.64. The summed E-state index contributed by atoms with van der Waals surface area (Å²) in [5, 5.41) is 0. The Morgan fingerprint density at radius 2 is 1.76 bits per heavy atom. The number of benzene rings is 1. The molecule has 1 aromatic rings. The van der Waals surface area contributed by atoms with Crippen LogP contribution in [0.4, 0.5) is 0 Å². The standard InChI is InChI=1S/C20H32O/c1-5-9-17(4)10-8-12-19(21)15-14-18-11-6-7-13-20(18)16(2)3/h6-7,11,13,16-17H,5,8-10,12,14-15H2,1-4H3/t17-/m0/s1. The minimum Gasteiger partial charge on any atom is -0.300 e. The van der Waals surface area contributed by atoms with Crippen molar-refractivity contribution in [2.45, 2.75) is 78.6 Å². The van der Waals surface area contributed by atoms with E-state index in [0.717, 1.165) is 25.2 Å². The lowest BCUT2D eigenvalue weighted by molar-refractivity contribution is -0.119. The Labute approximate surface area is 131 Å². The van der Waals surface area contributed by atoms with Crippen molar-refractivity contribution in [3.05, 3.63) is 35.4 Å². The van der Waals surface area contributed by atoms with Crippen LogP contribution in [0.5, 0.6) is 0 Å². The average Bonchev–Trinajstić information content (AvgIpc) is 2.45. The average molecular weight is 288 g/mol. The lowest BCUT2D eigenvalue weighted by atomic mass is 9.93. The number of ketones is 1. The quantitative estimate of drug-likeness (QED) is 0.522. The number of hydrogen-bond donors (Lipinski definition) is 0. The van der Waals surface area contributed by atoms with Crippen molar-refractivity contribution in [2.24, 2.45) is 5.92 Å². The third-order valence-electron chi connectivity index (χ3n) is 4.28. The molecule has 0 spiro atoms. The molecule has 0 saturated heterocycles. The SMILES string of the molecule is CCC[C@H](C)CCCC(=O)CCc1ccccc1C(C)C. The highest BCUT2D eigenvalue weighted by Gasteiger charge is 2.09. The molecule has 1 rings (SSSR count). The number of Topliss-reactive ketones (excluding diaryl/α,β-unsaturated/α-hetero) is 1. The lowest BCUT2D eigenvalue weighted by Gasteiger charge is -2.12. The fraction of sp³-hybridized carbons (Fsp3) is 0.650. The van der Waals surface area contributed by atoms with E-state index < -0.39 is 0 Å². The number of carbonyl (C=O) groups excluding carboxylic acids is 1. The van der Waals surface area contributed by atoms with Gasteiger partial charge in [0.25, 0.3) is 0 Å². The zero-order valence-electron chi connectivity index (χ0n) is 14.3. The highest BCUT2D eigenvalue weighted by atomic mass is 16.1. The third-order valence-corrected chi connectivity index (χ3v) is 4.28. The van der Waals surface area contributed by atoms with E-state index in [9.17, 15) is 4.79 Å². The van der Waals surface area contributed by atoms with Crippen molar-refractivity contribution in [1.82, 2.24) is 0 Å². The summed E-state index contributed by atoms with van der Waals surface area (Å²) >= 11 is 0. The van der Waals surface area contributed by atoms with Crippen LogP contribution in [0.2, 0.25) is 0 Å². The van der Waals surface area contributed by atoms with Gasteiger partial charge in [-0.05, 0) is 35.8 Å². The van der Waals surface area contributed by atoms with Gasteiger partial charge in [0.2, 0.25) is 0 Å². The summed E-state index contributed by atoms with van der Waals surface area (Å²) in [6.07, 6.45) is 7.16. The van der Waals surface area contributed by atoms with Crippen molar-refractivity contribution >= 4 is 5.78 Å². The third kappa shape index (κ3) is 6.93. The minimum atomic E-state index is 0.428. The summed E-state index contributed by atoms with van der Waals surface area (Å²) in [6.45, 7) is 8.96. The first-order valence-corrected chi connectivity index (χ1v) is 8.64. The van der Waals surface area contributed by atoms with Crippen LogP contribution in [0, 0.1) is 5.92 Å². The number of hydrogen-bond acceptors (Lipinski definition) is 1. The Hall–Kier alpha value is -1.11. The smallest absolute Gasteiger partial charge is 0.133 e. The highest BCUT2D eigenvalue weighted by Crippen LogP contribution is 2.21. The number of aryl methyl sites for hydroxylation is 1. The molecule has 118 valence electrons. The van der Waals surface area contributed by atoms with Crippen LogP contribution < -0.4 is 0 Å². The normalized spacial score (nSPS) is 12.6. The predicted molar refractivity (Wildman–Crippen MR) is 91.8 cm³/mol. The molecule has 0 aliphatic rings. The maximum atomic E-state index is 12.0. The van der Waals surface area contributed by atoms with E-state index in [4.69, 9.17) is 0 Å². The molecule has 0 radical (unpaired) electrons. The Morgan fingerprint density at radius 1 is 1.05 bits per heavy atom. The maximum Gasteiger partial charge on any atom is 0.133 e. The van der Waals surface area contributed by atoms with Crippen LogP contribution in [0.3, 0.4) is 0 Å². The molecule has 0 saturated carbocycles. The molecule has 1 aromatic carbocycles. The fourth-order valence-electron chi connectivity index (χ4n) is 3.01. The predicted octanol–water partition coefficient (Wildman–Crippen LogP) is 5.92. The topological polar surface area (TPSA) is 17.1 Å². The summed E-state index contributed by atoms with van der Waals surface area (Å²) in [7, 11) is 0. The van der Waals surface area contributed by atoms with E-state index in [1.165, 1.54) is 30.4 Å². The number of rotatable bonds is 10. The first kappa shape index (κ1) is 17.9. The van der Waals surface area contributed by atoms with E-state index >= 15 is 0 Å². The molecule has 21 heavy (non-hydrogen) atoms. The molecule has 0 aromatic heterocycles. The van der Waals surface area contributed by atoms with Crippen molar-refractivity contribution < 1.29 is 4.79 Å². The van der Waals surface area contributed by atoms with E-state index in [-0.39, 0.29) is 0 Å². The van der Waals surface area contributed by atoms with Crippen molar-refractivity contribution in [1.29, 1.82) is 0 Å². The van der Waals surface area contributed by atoms with Gasteiger partial charge in [0.1, 0.15) is 5.78 Å². The van der Waals surface area contributed by atoms with Crippen LogP contribution >= 0.6 is 0 Å². The Balaban J connectivity index is 2.33. The van der Waals surface area contributed by atoms with Gasteiger partial charge in [0, 0.05) is 12.8 Å². The number of carbonyl (C=O) groups is 1. The van der Waals surface area contributed by atoms with Crippen molar-refractivity contribution in [2.75, 3.05) is 0 Å². The molecular formula is C20H32O. The second-order valence-electron chi connectivity index (χ2n) is 6.68. The van der Waals surface area contributed by atoms with Crippen molar-refractivity contribution in [3.63, 3.8) is 0 Å². The second-order valence-corrected chi connectivity index (χ2v) is 6.68. The summed E-state index contributed by atoms with van der Waals surface area (Å²) in [4.78, 5) is 12.0. The second kappa shape index (κ2) is 9.76. The van der Waals surface area contributed by atoms with Gasteiger partial charge in [-0.3, -0.25) is 4.79 Å². The molecule has 1 heteroatoms. The van der Waals surface area contributed by atoms with Gasteiger partial charge in [-0.25, -0.2) is 0 Å². The van der Waals surface area contributed by atoms with Gasteiger partial charge in [-0.15, -0.1) is 0 Å². The molecule has 0 amide bonds. The van der Waals surface area contributed by atoms with Gasteiger partial charge in [-0.2, -0.15) is 0 Å². The molecule has 1 atom stereocenters. The summed E-state index contributed by atoms with van der Waals surface area (Å²) in [5.74, 6) is 1.73. The Kier molecular flexibility index (Phi) is 8.34. The fourth-order valence-corrected chi connectivity index (χ4v) is 3.01. The molecule has 0 aliphatic carbocycles. The molecule has 0 N–H and O–H groups in total. The highest BCUT2D eigenvalue weighted by molar-refractivity contribution is 5.78. The molecule has 1 nitrogen and oxygen atoms in total. The van der Waals surface area contributed by atoms with Gasteiger partial charge in [0.05, 0.1) is 0 Å². The van der Waals surface area contributed by atoms with Crippen LogP contribution in [0.15, 0.2) is 24.3 Å². The van der Waals surface area contributed by atoms with Crippen LogP contribution in [0.1, 0.15) is 83.3 Å². The van der Waals surface area contributed by atoms with Gasteiger partial charge >= 0.3 is 0 Å². The van der Waals surface area contributed by atoms with Gasteiger partial charge in [0.15, 0.2) is 0 Å². The monoisotopic (exact) mass is 288 g/mol. The minimum absolute atomic E-state index is 0.428. The summed E-state index contributed by atoms with van der Waals surface area (Å²) in [5.41, 5.74) is 2.74. The van der Waals surface area contributed by atoms with E-state index in [2.05, 4.69) is 52.0 Å². The lowest BCUT2D eigenvalue weighted by Crippen LogP contribution is -2.04. The van der Waals surface area contributed by atoms with E-state index in [0.29, 0.717) is 18.1 Å². The largest absolute Gasteiger partial charge is 0.300 e. The van der Waals surface area contributed by atoms with Gasteiger partial charge in [-0.1, -0.05) is 71.2 Å². The Bertz CT molecular complexity index is 420. The zero-order valence-corrected chi connectivity index (χ0v) is 14.3. The molecule has 0 unspecified atom stereocenters. The first-order chi connectivity index (χ1) is 10.0. The Morgan fingerprint density at radius 3 is 2.43 bits per heavy atom. The molecule has 0 heterocycles. The molecule has 0 aliphatic heterocycles. The maximum absolute atomic E-state index is 12.0. The van der Waals surface area contributed by atoms with Crippen LogP contribution in [-0.2, 0) is 11.2 Å². The molecular weight excluding hydrogens is 256 g/mol. The van der Waals surface area contributed by atoms with Crippen molar-refractivity contribution in [3.8, 4) is 0 Å². The summed E-state index contributed by atoms with van der Waals surface area (Å²) in [6, 6.07) is 8.54. The molecule has 0 bridgehead atoms. The van der Waals surface area contributed by atoms with E-state index in [1.807, 2.05) is 0 Å². The van der Waals surface area contributed by atoms with Gasteiger partial charge < -0.3 is 0 Å². The van der Waals surface area contributed by atoms with Crippen LogP contribution in [-0.4, -0.2) is 5.78 Å². The van der Waals surface area contributed by atoms with E-state index in [1.54, 1.807) is 0 Å². The molecule has 0 fully saturated rings. The zero-order chi connectivity index (χ0) is 15.7. The van der Waals surface area contributed by atoms with Crippen LogP contribution in [0.25, 0.3) is 0 Å². The summed E-state index contributed by atoms with van der Waals surface area (Å²) < 4.78 is 0.